The molecule has 18 heavy (non-hydrogen) atoms. The topological polar surface area (TPSA) is 63.4 Å². The van der Waals surface area contributed by atoms with Crippen molar-refractivity contribution in [2.45, 2.75) is 23.6 Å². The molecule has 0 saturated heterocycles. The molecule has 1 aromatic carbocycles. The minimum Gasteiger partial charge on any atom is -0.371 e. The van der Waals surface area contributed by atoms with E-state index in [0.29, 0.717) is 6.54 Å². The van der Waals surface area contributed by atoms with Crippen LogP contribution < -0.4 is 10.6 Å². The lowest BCUT2D eigenvalue weighted by Crippen LogP contribution is -2.35. The van der Waals surface area contributed by atoms with Gasteiger partial charge in [0.15, 0.2) is 0 Å². The molecule has 0 aliphatic heterocycles. The maximum atomic E-state index is 12.3. The van der Waals surface area contributed by atoms with Crippen molar-refractivity contribution in [2.24, 2.45) is 5.73 Å². The summed E-state index contributed by atoms with van der Waals surface area (Å²) in [5, 5.41) is 0. The average Bonchev–Trinajstić information content (AvgIpc) is 2.36. The summed E-state index contributed by atoms with van der Waals surface area (Å²) < 4.78 is 47.1. The molecule has 7 heteroatoms. The molecule has 0 aromatic heterocycles. The summed E-state index contributed by atoms with van der Waals surface area (Å²) in [5.41, 5.74) is 6.24. The molecule has 0 spiro atoms. The molecule has 102 valence electrons. The van der Waals surface area contributed by atoms with Gasteiger partial charge in [0.05, 0.1) is 4.90 Å². The second kappa shape index (κ2) is 5.62. The molecule has 0 amide bonds. The van der Waals surface area contributed by atoms with Crippen molar-refractivity contribution in [1.82, 2.24) is 0 Å². The second-order valence-corrected chi connectivity index (χ2v) is 5.91. The van der Waals surface area contributed by atoms with Crippen molar-refractivity contribution in [3.05, 3.63) is 24.3 Å². The summed E-state index contributed by atoms with van der Waals surface area (Å²) in [6.45, 7) is 2.34. The summed E-state index contributed by atoms with van der Waals surface area (Å²) in [6, 6.07) is 5.40. The van der Waals surface area contributed by atoms with Crippen LogP contribution in [-0.2, 0) is 9.84 Å². The Morgan fingerprint density at radius 1 is 1.28 bits per heavy atom. The Kier molecular flexibility index (Phi) is 4.64. The Labute approximate surface area is 105 Å². The van der Waals surface area contributed by atoms with Gasteiger partial charge in [-0.3, -0.25) is 0 Å². The first-order chi connectivity index (χ1) is 8.30. The molecule has 0 aliphatic rings. The summed E-state index contributed by atoms with van der Waals surface area (Å²) in [4.78, 5) is 1.47. The van der Waals surface area contributed by atoms with Gasteiger partial charge in [-0.25, -0.2) is 8.42 Å². The van der Waals surface area contributed by atoms with Crippen LogP contribution in [0.1, 0.15) is 6.92 Å². The van der Waals surface area contributed by atoms with Crippen molar-refractivity contribution < 1.29 is 17.2 Å². The predicted octanol–water partition coefficient (Wildman–Crippen LogP) is 1.47. The highest BCUT2D eigenvalue weighted by Crippen LogP contribution is 2.22. The number of anilines is 1. The van der Waals surface area contributed by atoms with Crippen LogP contribution in [0.5, 0.6) is 0 Å². The lowest BCUT2D eigenvalue weighted by atomic mass is 10.2. The van der Waals surface area contributed by atoms with E-state index >= 15 is 0 Å². The summed E-state index contributed by atoms with van der Waals surface area (Å²) >= 11 is 0. The van der Waals surface area contributed by atoms with Crippen molar-refractivity contribution in [1.29, 1.82) is 0 Å². The Morgan fingerprint density at radius 3 is 2.17 bits per heavy atom. The van der Waals surface area contributed by atoms with Gasteiger partial charge in [0, 0.05) is 25.3 Å². The van der Waals surface area contributed by atoms with Gasteiger partial charge in [0.25, 0.3) is 0 Å². The summed E-state index contributed by atoms with van der Waals surface area (Å²) in [6.07, 6.45) is 0. The van der Waals surface area contributed by atoms with Gasteiger partial charge < -0.3 is 10.6 Å². The molecule has 1 aromatic rings. The van der Waals surface area contributed by atoms with Crippen LogP contribution in [0, 0.1) is 0 Å². The molecule has 4 nitrogen and oxygen atoms in total. The predicted molar refractivity (Wildman–Crippen MR) is 66.6 cm³/mol. The van der Waals surface area contributed by atoms with E-state index in [1.165, 1.54) is 24.3 Å². The number of sulfone groups is 1. The normalized spacial score (nSPS) is 13.7. The summed E-state index contributed by atoms with van der Waals surface area (Å²) in [5.74, 6) is -3.40. The second-order valence-electron chi connectivity index (χ2n) is 4.00. The molecule has 0 saturated carbocycles. The van der Waals surface area contributed by atoms with E-state index in [0.717, 1.165) is 5.69 Å². The molecule has 2 N–H and O–H groups in total. The number of rotatable bonds is 5. The van der Waals surface area contributed by atoms with E-state index in [9.17, 15) is 17.2 Å². The van der Waals surface area contributed by atoms with Crippen molar-refractivity contribution in [2.75, 3.05) is 18.5 Å². The van der Waals surface area contributed by atoms with Crippen LogP contribution in [0.4, 0.5) is 14.5 Å². The highest BCUT2D eigenvalue weighted by atomic mass is 32.2. The lowest BCUT2D eigenvalue weighted by Gasteiger charge is -2.25. The van der Waals surface area contributed by atoms with Crippen LogP contribution >= 0.6 is 0 Å². The number of alkyl halides is 2. The third kappa shape index (κ3) is 2.97. The molecule has 0 aliphatic carbocycles. The molecular formula is C11H16F2N2O2S. The zero-order valence-electron chi connectivity index (χ0n) is 10.2. The fraction of sp³-hybridized carbons (Fsp3) is 0.455. The van der Waals surface area contributed by atoms with E-state index in [4.69, 9.17) is 5.73 Å². The largest absolute Gasteiger partial charge is 0.371 e. The van der Waals surface area contributed by atoms with Crippen LogP contribution in [0.15, 0.2) is 29.2 Å². The Balaban J connectivity index is 3.01. The minimum absolute atomic E-state index is 0.0718. The van der Waals surface area contributed by atoms with Crippen LogP contribution in [0.2, 0.25) is 0 Å². The third-order valence-corrected chi connectivity index (χ3v) is 4.21. The van der Waals surface area contributed by atoms with Crippen LogP contribution in [0.3, 0.4) is 0 Å². The molecule has 1 rings (SSSR count). The number of benzene rings is 1. The van der Waals surface area contributed by atoms with E-state index in [2.05, 4.69) is 0 Å². The van der Waals surface area contributed by atoms with Gasteiger partial charge in [0.2, 0.25) is 9.84 Å². The smallest absolute Gasteiger partial charge is 0.341 e. The Morgan fingerprint density at radius 2 is 1.78 bits per heavy atom. The van der Waals surface area contributed by atoms with Gasteiger partial charge in [0.1, 0.15) is 0 Å². The maximum absolute atomic E-state index is 12.3. The third-order valence-electron chi connectivity index (χ3n) is 2.81. The Hall–Kier alpha value is -1.21. The molecule has 0 bridgehead atoms. The van der Waals surface area contributed by atoms with E-state index < -0.39 is 15.6 Å². The van der Waals surface area contributed by atoms with Gasteiger partial charge in [-0.2, -0.15) is 8.78 Å². The fourth-order valence-corrected chi connectivity index (χ4v) is 2.11. The van der Waals surface area contributed by atoms with E-state index in [1.54, 1.807) is 7.05 Å². The average molecular weight is 278 g/mol. The number of nitrogens with two attached hydrogens (primary N) is 1. The molecule has 1 unspecified atom stereocenters. The first kappa shape index (κ1) is 14.8. The SMILES string of the molecule is CC(CN)N(C)c1ccc(S(=O)(=O)C(F)F)cc1. The highest BCUT2D eigenvalue weighted by molar-refractivity contribution is 7.91. The molecule has 0 radical (unpaired) electrons. The van der Waals surface area contributed by atoms with Crippen molar-refractivity contribution in [3.8, 4) is 0 Å². The van der Waals surface area contributed by atoms with Crippen LogP contribution in [-0.4, -0.2) is 33.8 Å². The number of hydrogen-bond donors (Lipinski definition) is 1. The summed E-state index contributed by atoms with van der Waals surface area (Å²) in [7, 11) is -2.72. The fourth-order valence-electron chi connectivity index (χ4n) is 1.39. The van der Waals surface area contributed by atoms with Crippen molar-refractivity contribution >= 4 is 15.5 Å². The minimum atomic E-state index is -4.52. The molecule has 0 fully saturated rings. The van der Waals surface area contributed by atoms with E-state index in [1.807, 2.05) is 11.8 Å². The van der Waals surface area contributed by atoms with Gasteiger partial charge in [-0.15, -0.1) is 0 Å². The molecular weight excluding hydrogens is 262 g/mol. The van der Waals surface area contributed by atoms with Gasteiger partial charge in [-0.05, 0) is 31.2 Å². The number of likely N-dealkylation sites (N-methyl/N-ethyl adjacent to an activating group) is 1. The van der Waals surface area contributed by atoms with E-state index in [-0.39, 0.29) is 10.9 Å². The molecule has 1 atom stereocenters. The Bertz CT molecular complexity index is 488. The van der Waals surface area contributed by atoms with Gasteiger partial charge >= 0.3 is 5.76 Å². The monoisotopic (exact) mass is 278 g/mol. The highest BCUT2D eigenvalue weighted by Gasteiger charge is 2.26. The quantitative estimate of drug-likeness (QED) is 0.886. The first-order valence-electron chi connectivity index (χ1n) is 5.35. The maximum Gasteiger partial charge on any atom is 0.341 e. The standard InChI is InChI=1S/C11H16F2N2O2S/c1-8(7-14)15(2)9-3-5-10(6-4-9)18(16,17)11(12)13/h3-6,8,11H,7,14H2,1-2H3. The van der Waals surface area contributed by atoms with Crippen molar-refractivity contribution in [3.63, 3.8) is 0 Å². The zero-order chi connectivity index (χ0) is 13.9. The zero-order valence-corrected chi connectivity index (χ0v) is 11.0. The molecule has 0 heterocycles. The number of nitrogens with zero attached hydrogens (tertiary/aromatic N) is 1. The first-order valence-corrected chi connectivity index (χ1v) is 6.90. The number of halogens is 2. The lowest BCUT2D eigenvalue weighted by molar-refractivity contribution is 0.234. The number of hydrogen-bond acceptors (Lipinski definition) is 4. The van der Waals surface area contributed by atoms with Gasteiger partial charge in [-0.1, -0.05) is 0 Å². The van der Waals surface area contributed by atoms with Crippen LogP contribution in [0.25, 0.3) is 0 Å².